The molecule has 0 saturated heterocycles. The lowest BCUT2D eigenvalue weighted by Crippen LogP contribution is -2.48. The highest BCUT2D eigenvalue weighted by molar-refractivity contribution is 7.89. The molecule has 0 radical (unpaired) electrons. The molecule has 1 amide bonds. The number of carbonyl (C=O) groups is 1. The molecule has 0 bridgehead atoms. The fourth-order valence-electron chi connectivity index (χ4n) is 2.55. The molecule has 0 saturated carbocycles. The summed E-state index contributed by atoms with van der Waals surface area (Å²) in [5.41, 5.74) is -0.446. The van der Waals surface area contributed by atoms with Crippen molar-refractivity contribution in [1.29, 1.82) is 0 Å². The maximum Gasteiger partial charge on any atom is 0.244 e. The molecule has 26 heavy (non-hydrogen) atoms. The van der Waals surface area contributed by atoms with Crippen LogP contribution < -0.4 is 5.32 Å². The van der Waals surface area contributed by atoms with Gasteiger partial charge in [-0.1, -0.05) is 12.1 Å². The smallest absolute Gasteiger partial charge is 0.244 e. The number of sulfonamides is 1. The van der Waals surface area contributed by atoms with Crippen molar-refractivity contribution in [3.05, 3.63) is 36.7 Å². The van der Waals surface area contributed by atoms with Crippen LogP contribution in [0.4, 0.5) is 0 Å². The number of fused-ring (bicyclic) bond motifs is 1. The van der Waals surface area contributed by atoms with Crippen LogP contribution in [0.5, 0.6) is 0 Å². The average Bonchev–Trinajstić information content (AvgIpc) is 2.56. The van der Waals surface area contributed by atoms with Crippen LogP contribution in [0.3, 0.4) is 0 Å². The van der Waals surface area contributed by atoms with Crippen molar-refractivity contribution >= 4 is 26.7 Å². The van der Waals surface area contributed by atoms with Crippen LogP contribution in [0.15, 0.2) is 41.6 Å². The summed E-state index contributed by atoms with van der Waals surface area (Å²) in [6.45, 7) is 5.53. The van der Waals surface area contributed by atoms with Crippen molar-refractivity contribution in [2.24, 2.45) is 0 Å². The van der Waals surface area contributed by atoms with Gasteiger partial charge in [0, 0.05) is 42.4 Å². The Morgan fingerprint density at radius 1 is 1.27 bits per heavy atom. The number of aromatic nitrogens is 1. The van der Waals surface area contributed by atoms with Gasteiger partial charge >= 0.3 is 0 Å². The zero-order valence-corrected chi connectivity index (χ0v) is 16.3. The van der Waals surface area contributed by atoms with Gasteiger partial charge in [0.1, 0.15) is 0 Å². The molecule has 2 rings (SSSR count). The standard InChI is InChI=1S/C18H25N3O4S/c1-18(2,3)20-17(22)13-21(10-11-25-4)26(23,24)16-7-5-6-14-12-19-9-8-15(14)16/h5-9,12H,10-11,13H2,1-4H3,(H,20,22). The quantitative estimate of drug-likeness (QED) is 0.792. The highest BCUT2D eigenvalue weighted by atomic mass is 32.2. The number of amides is 1. The maximum absolute atomic E-state index is 13.2. The lowest BCUT2D eigenvalue weighted by atomic mass is 10.1. The van der Waals surface area contributed by atoms with Crippen LogP contribution in [-0.4, -0.2) is 56.0 Å². The molecule has 1 aromatic carbocycles. The van der Waals surface area contributed by atoms with Gasteiger partial charge in [-0.15, -0.1) is 0 Å². The number of nitrogens with zero attached hydrogens (tertiary/aromatic N) is 2. The van der Waals surface area contributed by atoms with Gasteiger partial charge in [0.2, 0.25) is 15.9 Å². The third kappa shape index (κ3) is 5.00. The van der Waals surface area contributed by atoms with Crippen LogP contribution in [-0.2, 0) is 19.6 Å². The van der Waals surface area contributed by atoms with Gasteiger partial charge in [0.15, 0.2) is 0 Å². The third-order valence-corrected chi connectivity index (χ3v) is 5.54. The number of methoxy groups -OCH3 is 1. The van der Waals surface area contributed by atoms with Crippen LogP contribution in [0, 0.1) is 0 Å². The molecule has 0 unspecified atom stereocenters. The first-order valence-corrected chi connectivity index (χ1v) is 9.72. The average molecular weight is 379 g/mol. The lowest BCUT2D eigenvalue weighted by Gasteiger charge is -2.25. The predicted molar refractivity (Wildman–Crippen MR) is 100 cm³/mol. The van der Waals surface area contributed by atoms with Gasteiger partial charge in [0.25, 0.3) is 0 Å². The molecule has 1 aromatic heterocycles. The Morgan fingerprint density at radius 2 is 2.00 bits per heavy atom. The number of nitrogens with one attached hydrogen (secondary N) is 1. The normalized spacial score (nSPS) is 12.5. The minimum absolute atomic E-state index is 0.0812. The fraction of sp³-hybridized carbons (Fsp3) is 0.444. The van der Waals surface area contributed by atoms with Crippen molar-refractivity contribution in [3.8, 4) is 0 Å². The Labute approximate surface area is 154 Å². The monoisotopic (exact) mass is 379 g/mol. The summed E-state index contributed by atoms with van der Waals surface area (Å²) in [5.74, 6) is -0.362. The molecule has 0 spiro atoms. The van der Waals surface area contributed by atoms with E-state index in [0.29, 0.717) is 5.39 Å². The Balaban J connectivity index is 2.40. The second-order valence-corrected chi connectivity index (χ2v) is 8.89. The lowest BCUT2D eigenvalue weighted by molar-refractivity contribution is -0.122. The molecule has 0 aliphatic heterocycles. The van der Waals surface area contributed by atoms with Crippen LogP contribution in [0.2, 0.25) is 0 Å². The van der Waals surface area contributed by atoms with E-state index in [4.69, 9.17) is 4.74 Å². The van der Waals surface area contributed by atoms with Crippen LogP contribution in [0.1, 0.15) is 20.8 Å². The zero-order chi connectivity index (χ0) is 19.4. The summed E-state index contributed by atoms with van der Waals surface area (Å²) in [5, 5.41) is 4.08. The molecule has 2 aromatic rings. The number of rotatable bonds is 7. The van der Waals surface area contributed by atoms with Gasteiger partial charge in [0.05, 0.1) is 18.0 Å². The summed E-state index contributed by atoms with van der Waals surface area (Å²) < 4.78 is 32.6. The second-order valence-electron chi connectivity index (χ2n) is 6.98. The van der Waals surface area contributed by atoms with Gasteiger partial charge in [-0.05, 0) is 32.9 Å². The number of benzene rings is 1. The molecule has 8 heteroatoms. The van der Waals surface area contributed by atoms with Crippen molar-refractivity contribution < 1.29 is 17.9 Å². The summed E-state index contributed by atoms with van der Waals surface area (Å²) >= 11 is 0. The zero-order valence-electron chi connectivity index (χ0n) is 15.5. The maximum atomic E-state index is 13.2. The summed E-state index contributed by atoms with van der Waals surface area (Å²) in [7, 11) is -2.40. The number of carbonyl (C=O) groups excluding carboxylic acids is 1. The van der Waals surface area contributed by atoms with E-state index in [2.05, 4.69) is 10.3 Å². The van der Waals surface area contributed by atoms with E-state index in [1.54, 1.807) is 36.7 Å². The van der Waals surface area contributed by atoms with Crippen LogP contribution >= 0.6 is 0 Å². The largest absolute Gasteiger partial charge is 0.383 e. The minimum Gasteiger partial charge on any atom is -0.383 e. The predicted octanol–water partition coefficient (Wildman–Crippen LogP) is 1.79. The Morgan fingerprint density at radius 3 is 2.65 bits per heavy atom. The number of hydrogen-bond donors (Lipinski definition) is 1. The summed E-state index contributed by atoms with van der Waals surface area (Å²) in [4.78, 5) is 16.5. The Hall–Kier alpha value is -2.03. The molecule has 1 heterocycles. The molecular formula is C18H25N3O4S. The first kappa shape index (κ1) is 20.3. The van der Waals surface area contributed by atoms with Gasteiger partial charge < -0.3 is 10.1 Å². The number of ether oxygens (including phenoxy) is 1. The topological polar surface area (TPSA) is 88.6 Å². The van der Waals surface area contributed by atoms with E-state index in [1.807, 2.05) is 20.8 Å². The molecule has 1 N–H and O–H groups in total. The Bertz CT molecular complexity index is 870. The van der Waals surface area contributed by atoms with Crippen molar-refractivity contribution in [1.82, 2.24) is 14.6 Å². The van der Waals surface area contributed by atoms with Gasteiger partial charge in [-0.25, -0.2) is 8.42 Å². The minimum atomic E-state index is -3.89. The van der Waals surface area contributed by atoms with E-state index in [9.17, 15) is 13.2 Å². The van der Waals surface area contributed by atoms with Crippen LogP contribution in [0.25, 0.3) is 10.8 Å². The van der Waals surface area contributed by atoms with Crippen molar-refractivity contribution in [3.63, 3.8) is 0 Å². The van der Waals surface area contributed by atoms with E-state index in [0.717, 1.165) is 9.69 Å². The molecule has 0 aliphatic rings. The molecule has 0 fully saturated rings. The summed E-state index contributed by atoms with van der Waals surface area (Å²) in [6.07, 6.45) is 3.16. The van der Waals surface area contributed by atoms with E-state index >= 15 is 0 Å². The van der Waals surface area contributed by atoms with Crippen molar-refractivity contribution in [2.45, 2.75) is 31.2 Å². The van der Waals surface area contributed by atoms with E-state index in [-0.39, 0.29) is 30.5 Å². The highest BCUT2D eigenvalue weighted by Gasteiger charge is 2.29. The second kappa shape index (κ2) is 8.11. The third-order valence-electron chi connectivity index (χ3n) is 3.64. The molecule has 0 aliphatic carbocycles. The molecule has 0 atom stereocenters. The molecule has 7 nitrogen and oxygen atoms in total. The van der Waals surface area contributed by atoms with Crippen molar-refractivity contribution in [2.75, 3.05) is 26.8 Å². The first-order valence-electron chi connectivity index (χ1n) is 8.28. The van der Waals surface area contributed by atoms with Gasteiger partial charge in [-0.2, -0.15) is 4.31 Å². The molecular weight excluding hydrogens is 354 g/mol. The Kier molecular flexibility index (Phi) is 6.33. The first-order chi connectivity index (χ1) is 12.1. The highest BCUT2D eigenvalue weighted by Crippen LogP contribution is 2.25. The molecule has 142 valence electrons. The summed E-state index contributed by atoms with van der Waals surface area (Å²) in [6, 6.07) is 6.67. The van der Waals surface area contributed by atoms with E-state index in [1.165, 1.54) is 7.11 Å². The van der Waals surface area contributed by atoms with E-state index < -0.39 is 15.6 Å². The fourth-order valence-corrected chi connectivity index (χ4v) is 4.15. The SMILES string of the molecule is COCCN(CC(=O)NC(C)(C)C)S(=O)(=O)c1cccc2cnccc12. The van der Waals surface area contributed by atoms with Gasteiger partial charge in [-0.3, -0.25) is 9.78 Å². The number of hydrogen-bond acceptors (Lipinski definition) is 5. The number of pyridine rings is 1.